The molecule has 3 aromatic rings. The van der Waals surface area contributed by atoms with E-state index >= 15 is 0 Å². The van der Waals surface area contributed by atoms with Crippen molar-refractivity contribution in [3.8, 4) is 5.75 Å². The molecular weight excluding hydrogens is 541 g/mol. The molecule has 0 spiro atoms. The number of benzene rings is 3. The van der Waals surface area contributed by atoms with E-state index in [0.29, 0.717) is 26.0 Å². The largest absolute Gasteiger partial charge is 0.379 e. The van der Waals surface area contributed by atoms with Crippen LogP contribution in [0.4, 0.5) is 11.4 Å². The van der Waals surface area contributed by atoms with E-state index in [1.54, 1.807) is 30.0 Å². The van der Waals surface area contributed by atoms with Crippen LogP contribution >= 0.6 is 35.7 Å². The van der Waals surface area contributed by atoms with Gasteiger partial charge in [-0.2, -0.15) is 8.42 Å². The van der Waals surface area contributed by atoms with E-state index in [1.807, 2.05) is 30.5 Å². The van der Waals surface area contributed by atoms with Gasteiger partial charge in [-0.05, 0) is 61.2 Å². The molecule has 1 heterocycles. The van der Waals surface area contributed by atoms with Crippen LogP contribution in [0.5, 0.6) is 5.75 Å². The van der Waals surface area contributed by atoms with Gasteiger partial charge in [-0.1, -0.05) is 48.2 Å². The summed E-state index contributed by atoms with van der Waals surface area (Å²) in [7, 11) is -4.28. The third kappa shape index (κ3) is 5.46. The van der Waals surface area contributed by atoms with E-state index in [0.717, 1.165) is 11.0 Å². The number of carbonyl (C=O) groups excluding carboxylic acids is 1. The van der Waals surface area contributed by atoms with Gasteiger partial charge in [0, 0.05) is 16.5 Å². The average Bonchev–Trinajstić information content (AvgIpc) is 3.12. The molecule has 0 aromatic heterocycles. The van der Waals surface area contributed by atoms with E-state index in [4.69, 9.17) is 16.4 Å². The van der Waals surface area contributed by atoms with Gasteiger partial charge in [0.1, 0.15) is 10.6 Å². The highest BCUT2D eigenvalue weighted by molar-refractivity contribution is 8.27. The number of thiocarbonyl (C=S) groups is 1. The summed E-state index contributed by atoms with van der Waals surface area (Å²) in [5, 5.41) is 11.1. The third-order valence-corrected chi connectivity index (χ3v) is 8.43. The summed E-state index contributed by atoms with van der Waals surface area (Å²) in [6, 6.07) is 17.2. The standard InChI is InChI=1S/C24H18N2O6S4/c1-15-6-11-20(14-21(15)26(28)29)36(30,31)32-18-9-7-16(8-10-18)12-22-23(27)25(24(33)35-22)17-4-3-5-19(13-17)34-2/h3-14H,1-2H3/b22-12-. The lowest BCUT2D eigenvalue weighted by molar-refractivity contribution is -0.385. The molecule has 0 saturated carbocycles. The molecule has 36 heavy (non-hydrogen) atoms. The van der Waals surface area contributed by atoms with Gasteiger partial charge in [0.15, 0.2) is 4.32 Å². The molecule has 1 fully saturated rings. The Morgan fingerprint density at radius 2 is 1.83 bits per heavy atom. The van der Waals surface area contributed by atoms with Crippen LogP contribution in [0.15, 0.2) is 81.4 Å². The molecule has 184 valence electrons. The molecule has 0 aliphatic carbocycles. The highest BCUT2D eigenvalue weighted by Crippen LogP contribution is 2.37. The first-order chi connectivity index (χ1) is 17.1. The molecule has 0 N–H and O–H groups in total. The second kappa shape index (κ2) is 10.4. The van der Waals surface area contributed by atoms with Gasteiger partial charge in [-0.3, -0.25) is 19.8 Å². The highest BCUT2D eigenvalue weighted by atomic mass is 32.2. The first-order valence-corrected chi connectivity index (χ1v) is 14.2. The molecule has 1 saturated heterocycles. The van der Waals surface area contributed by atoms with Crippen molar-refractivity contribution in [2.24, 2.45) is 0 Å². The maximum atomic E-state index is 13.0. The van der Waals surface area contributed by atoms with Gasteiger partial charge in [-0.25, -0.2) is 0 Å². The summed E-state index contributed by atoms with van der Waals surface area (Å²) < 4.78 is 30.8. The molecule has 0 unspecified atom stereocenters. The molecular formula is C24H18N2O6S4. The first kappa shape index (κ1) is 25.9. The molecule has 1 aliphatic rings. The minimum atomic E-state index is -4.28. The zero-order valence-corrected chi connectivity index (χ0v) is 22.2. The molecule has 1 amide bonds. The SMILES string of the molecule is CSc1cccc(N2C(=O)/C(=C/c3ccc(OS(=O)(=O)c4ccc(C)c([N+](=O)[O-])c4)cc3)SC2=S)c1. The van der Waals surface area contributed by atoms with E-state index in [2.05, 4.69) is 0 Å². The lowest BCUT2D eigenvalue weighted by Crippen LogP contribution is -2.27. The molecule has 3 aromatic carbocycles. The number of nitro groups is 1. The summed E-state index contributed by atoms with van der Waals surface area (Å²) in [4.78, 5) is 26.1. The third-order valence-electron chi connectivity index (χ3n) is 5.16. The number of anilines is 1. The second-order valence-electron chi connectivity index (χ2n) is 7.53. The summed E-state index contributed by atoms with van der Waals surface area (Å²) in [6.07, 6.45) is 3.62. The number of thioether (sulfide) groups is 2. The van der Waals surface area contributed by atoms with E-state index in [-0.39, 0.29) is 22.2 Å². The number of amides is 1. The van der Waals surface area contributed by atoms with Gasteiger partial charge in [0.05, 0.1) is 15.5 Å². The van der Waals surface area contributed by atoms with Crippen LogP contribution in [0, 0.1) is 17.0 Å². The topological polar surface area (TPSA) is 107 Å². The summed E-state index contributed by atoms with van der Waals surface area (Å²) in [5.74, 6) is -0.219. The highest BCUT2D eigenvalue weighted by Gasteiger charge is 2.33. The van der Waals surface area contributed by atoms with Crippen LogP contribution < -0.4 is 9.08 Å². The van der Waals surface area contributed by atoms with Crippen LogP contribution in [-0.4, -0.2) is 29.8 Å². The van der Waals surface area contributed by atoms with Gasteiger partial charge >= 0.3 is 10.1 Å². The van der Waals surface area contributed by atoms with Crippen molar-refractivity contribution in [1.29, 1.82) is 0 Å². The first-order valence-electron chi connectivity index (χ1n) is 10.3. The monoisotopic (exact) mass is 558 g/mol. The molecule has 0 radical (unpaired) electrons. The minimum Gasteiger partial charge on any atom is -0.379 e. The van der Waals surface area contributed by atoms with Crippen LogP contribution in [-0.2, 0) is 14.9 Å². The maximum absolute atomic E-state index is 13.0. The number of nitrogens with zero attached hydrogens (tertiary/aromatic N) is 2. The number of nitro benzene ring substituents is 1. The van der Waals surface area contributed by atoms with Crippen LogP contribution in [0.25, 0.3) is 6.08 Å². The minimum absolute atomic E-state index is 0.0248. The lowest BCUT2D eigenvalue weighted by atomic mass is 10.2. The zero-order chi connectivity index (χ0) is 26.0. The fourth-order valence-corrected chi connectivity index (χ4v) is 6.03. The molecule has 1 aliphatic heterocycles. The number of rotatable bonds is 7. The predicted molar refractivity (Wildman–Crippen MR) is 146 cm³/mol. The quantitative estimate of drug-likeness (QED) is 0.0888. The molecule has 0 bridgehead atoms. The van der Waals surface area contributed by atoms with Crippen LogP contribution in [0.3, 0.4) is 0 Å². The van der Waals surface area contributed by atoms with E-state index < -0.39 is 15.0 Å². The number of carbonyl (C=O) groups is 1. The molecule has 12 heteroatoms. The van der Waals surface area contributed by atoms with Crippen molar-refractivity contribution in [3.05, 3.63) is 92.9 Å². The van der Waals surface area contributed by atoms with Crippen molar-refractivity contribution in [2.75, 3.05) is 11.2 Å². The van der Waals surface area contributed by atoms with Crippen molar-refractivity contribution in [1.82, 2.24) is 0 Å². The Hall–Kier alpha value is -3.19. The smallest absolute Gasteiger partial charge is 0.339 e. The fraction of sp³-hybridized carbons (Fsp3) is 0.0833. The van der Waals surface area contributed by atoms with Crippen molar-refractivity contribution < 1.29 is 22.3 Å². The second-order valence-corrected chi connectivity index (χ2v) is 11.6. The Labute approximate surface area is 221 Å². The van der Waals surface area contributed by atoms with Crippen LogP contribution in [0.2, 0.25) is 0 Å². The summed E-state index contributed by atoms with van der Waals surface area (Å²) >= 11 is 8.17. The number of aryl methyl sites for hydroxylation is 1. The normalized spacial score (nSPS) is 14.9. The summed E-state index contributed by atoms with van der Waals surface area (Å²) in [5.41, 5.74) is 1.36. The molecule has 8 nitrogen and oxygen atoms in total. The van der Waals surface area contributed by atoms with E-state index in [9.17, 15) is 23.3 Å². The Morgan fingerprint density at radius 3 is 2.50 bits per heavy atom. The Bertz CT molecular complexity index is 1520. The van der Waals surface area contributed by atoms with Gasteiger partial charge in [0.25, 0.3) is 11.6 Å². The van der Waals surface area contributed by atoms with Gasteiger partial charge < -0.3 is 4.18 Å². The van der Waals surface area contributed by atoms with Crippen molar-refractivity contribution in [2.45, 2.75) is 16.7 Å². The zero-order valence-electron chi connectivity index (χ0n) is 18.9. The Morgan fingerprint density at radius 1 is 1.11 bits per heavy atom. The number of hydrogen-bond acceptors (Lipinski definition) is 9. The van der Waals surface area contributed by atoms with Gasteiger partial charge in [0.2, 0.25) is 0 Å². The Balaban J connectivity index is 1.52. The Kier molecular flexibility index (Phi) is 7.50. The summed E-state index contributed by atoms with van der Waals surface area (Å²) in [6.45, 7) is 1.52. The molecule has 0 atom stereocenters. The van der Waals surface area contributed by atoms with Crippen molar-refractivity contribution >= 4 is 73.5 Å². The maximum Gasteiger partial charge on any atom is 0.339 e. The average molecular weight is 559 g/mol. The van der Waals surface area contributed by atoms with Crippen LogP contribution in [0.1, 0.15) is 11.1 Å². The van der Waals surface area contributed by atoms with Crippen molar-refractivity contribution in [3.63, 3.8) is 0 Å². The van der Waals surface area contributed by atoms with E-state index in [1.165, 1.54) is 47.9 Å². The fourth-order valence-electron chi connectivity index (χ4n) is 3.33. The lowest BCUT2D eigenvalue weighted by Gasteiger charge is -2.15. The number of hydrogen-bond donors (Lipinski definition) is 0. The van der Waals surface area contributed by atoms with Gasteiger partial charge in [-0.15, -0.1) is 11.8 Å². The molecule has 4 rings (SSSR count). The predicted octanol–water partition coefficient (Wildman–Crippen LogP) is 5.80.